The summed E-state index contributed by atoms with van der Waals surface area (Å²) in [6.45, 7) is 3.79. The largest absolute Gasteiger partial charge is 0.364 e. The number of imidazole rings is 1. The maximum Gasteiger partial charge on any atom is 0.165 e. The first-order valence-electron chi connectivity index (χ1n) is 6.82. The Bertz CT molecular complexity index is 690. The summed E-state index contributed by atoms with van der Waals surface area (Å²) in [4.78, 5) is 13.0. The van der Waals surface area contributed by atoms with Crippen molar-refractivity contribution < 1.29 is 0 Å². The highest BCUT2D eigenvalue weighted by Crippen LogP contribution is 2.18. The van der Waals surface area contributed by atoms with E-state index < -0.39 is 0 Å². The van der Waals surface area contributed by atoms with Crippen molar-refractivity contribution in [3.63, 3.8) is 0 Å². The van der Waals surface area contributed by atoms with Crippen molar-refractivity contribution in [1.29, 1.82) is 0 Å². The van der Waals surface area contributed by atoms with Crippen LogP contribution in [0, 0.1) is 0 Å². The van der Waals surface area contributed by atoms with Gasteiger partial charge in [-0.15, -0.1) is 0 Å². The molecule has 1 N–H and O–H groups in total. The van der Waals surface area contributed by atoms with E-state index in [2.05, 4.69) is 43.9 Å². The Hall–Kier alpha value is -2.43. The fraction of sp³-hybridized carbons (Fsp3) is 0.267. The molecule has 0 unspecified atom stereocenters. The number of anilines is 1. The van der Waals surface area contributed by atoms with Crippen LogP contribution in [-0.4, -0.2) is 19.5 Å². The average Bonchev–Trinajstić information content (AvgIpc) is 2.91. The van der Waals surface area contributed by atoms with Crippen LogP contribution >= 0.6 is 0 Å². The summed E-state index contributed by atoms with van der Waals surface area (Å²) in [6, 6.07) is 10.2. The van der Waals surface area contributed by atoms with Crippen molar-refractivity contribution >= 4 is 17.0 Å². The maximum atomic E-state index is 4.42. The average molecular weight is 267 g/mol. The molecular formula is C15H17N5. The second-order valence-electron chi connectivity index (χ2n) is 4.67. The molecule has 3 rings (SSSR count). The normalized spacial score (nSPS) is 10.8. The number of nitrogens with one attached hydrogen (secondary N) is 1. The van der Waals surface area contributed by atoms with Gasteiger partial charge in [-0.2, -0.15) is 0 Å². The SMILES string of the molecule is CCCn1cnc2c(NCc3ccccc3)ncnc21. The van der Waals surface area contributed by atoms with Gasteiger partial charge in [0.15, 0.2) is 11.5 Å². The van der Waals surface area contributed by atoms with E-state index in [0.29, 0.717) is 0 Å². The van der Waals surface area contributed by atoms with Gasteiger partial charge in [-0.3, -0.25) is 0 Å². The second kappa shape index (κ2) is 5.69. The van der Waals surface area contributed by atoms with E-state index in [1.54, 1.807) is 6.33 Å². The van der Waals surface area contributed by atoms with E-state index >= 15 is 0 Å². The summed E-state index contributed by atoms with van der Waals surface area (Å²) < 4.78 is 2.06. The van der Waals surface area contributed by atoms with Crippen LogP contribution in [0.25, 0.3) is 11.2 Å². The summed E-state index contributed by atoms with van der Waals surface area (Å²) in [6.07, 6.45) is 4.47. The number of nitrogens with zero attached hydrogens (tertiary/aromatic N) is 4. The summed E-state index contributed by atoms with van der Waals surface area (Å²) in [7, 11) is 0. The molecule has 1 aromatic carbocycles. The number of fused-ring (bicyclic) bond motifs is 1. The minimum absolute atomic E-state index is 0.730. The molecule has 0 aliphatic heterocycles. The first-order chi connectivity index (χ1) is 9.88. The Morgan fingerprint density at radius 3 is 2.75 bits per heavy atom. The predicted molar refractivity (Wildman–Crippen MR) is 79.4 cm³/mol. The molecular weight excluding hydrogens is 250 g/mol. The Morgan fingerprint density at radius 2 is 1.95 bits per heavy atom. The van der Waals surface area contributed by atoms with Crippen LogP contribution in [-0.2, 0) is 13.1 Å². The molecule has 0 aliphatic carbocycles. The number of hydrogen-bond donors (Lipinski definition) is 1. The van der Waals surface area contributed by atoms with Gasteiger partial charge >= 0.3 is 0 Å². The Morgan fingerprint density at radius 1 is 1.10 bits per heavy atom. The number of benzene rings is 1. The van der Waals surface area contributed by atoms with Crippen LogP contribution < -0.4 is 5.32 Å². The molecule has 20 heavy (non-hydrogen) atoms. The molecule has 2 aromatic heterocycles. The molecule has 5 nitrogen and oxygen atoms in total. The van der Waals surface area contributed by atoms with Gasteiger partial charge in [-0.1, -0.05) is 37.3 Å². The molecule has 0 atom stereocenters. The van der Waals surface area contributed by atoms with Gasteiger partial charge in [0, 0.05) is 13.1 Å². The lowest BCUT2D eigenvalue weighted by Gasteiger charge is -2.06. The van der Waals surface area contributed by atoms with E-state index in [-0.39, 0.29) is 0 Å². The van der Waals surface area contributed by atoms with E-state index in [1.807, 2.05) is 24.5 Å². The van der Waals surface area contributed by atoms with E-state index in [0.717, 1.165) is 36.5 Å². The van der Waals surface area contributed by atoms with Crippen LogP contribution in [0.5, 0.6) is 0 Å². The Labute approximate surface area is 117 Å². The number of aryl methyl sites for hydroxylation is 1. The minimum atomic E-state index is 0.730. The predicted octanol–water partition coefficient (Wildman–Crippen LogP) is 2.85. The fourth-order valence-corrected chi connectivity index (χ4v) is 2.20. The van der Waals surface area contributed by atoms with E-state index in [4.69, 9.17) is 0 Å². The zero-order valence-corrected chi connectivity index (χ0v) is 11.5. The molecule has 5 heteroatoms. The molecule has 0 saturated carbocycles. The van der Waals surface area contributed by atoms with E-state index in [9.17, 15) is 0 Å². The molecule has 0 radical (unpaired) electrons. The van der Waals surface area contributed by atoms with Crippen molar-refractivity contribution in [2.24, 2.45) is 0 Å². The quantitative estimate of drug-likeness (QED) is 0.772. The van der Waals surface area contributed by atoms with Gasteiger partial charge in [-0.25, -0.2) is 15.0 Å². The number of hydrogen-bond acceptors (Lipinski definition) is 4. The molecule has 102 valence electrons. The third-order valence-electron chi connectivity index (χ3n) is 3.17. The topological polar surface area (TPSA) is 55.6 Å². The van der Waals surface area contributed by atoms with Crippen molar-refractivity contribution in [2.45, 2.75) is 26.4 Å². The van der Waals surface area contributed by atoms with Gasteiger partial charge in [-0.05, 0) is 12.0 Å². The summed E-state index contributed by atoms with van der Waals surface area (Å²) in [5, 5.41) is 3.33. The molecule has 3 aromatic rings. The number of aromatic nitrogens is 4. The summed E-state index contributed by atoms with van der Waals surface area (Å²) in [5.74, 6) is 0.786. The second-order valence-corrected chi connectivity index (χ2v) is 4.67. The zero-order valence-electron chi connectivity index (χ0n) is 11.5. The first-order valence-corrected chi connectivity index (χ1v) is 6.82. The Balaban J connectivity index is 1.85. The number of rotatable bonds is 5. The molecule has 0 bridgehead atoms. The lowest BCUT2D eigenvalue weighted by Crippen LogP contribution is -2.03. The standard InChI is InChI=1S/C15H17N5/c1-2-8-20-11-19-13-14(17-10-18-15(13)20)16-9-12-6-4-3-5-7-12/h3-7,10-11H,2,8-9H2,1H3,(H,16,17,18). The summed E-state index contributed by atoms with van der Waals surface area (Å²) >= 11 is 0. The molecule has 0 saturated heterocycles. The van der Waals surface area contributed by atoms with Crippen LogP contribution in [0.3, 0.4) is 0 Å². The smallest absolute Gasteiger partial charge is 0.165 e. The highest BCUT2D eigenvalue weighted by atomic mass is 15.1. The van der Waals surface area contributed by atoms with Gasteiger partial charge in [0.2, 0.25) is 0 Å². The molecule has 2 heterocycles. The third kappa shape index (κ3) is 2.47. The van der Waals surface area contributed by atoms with Crippen molar-refractivity contribution in [1.82, 2.24) is 19.5 Å². The van der Waals surface area contributed by atoms with Gasteiger partial charge in [0.05, 0.1) is 6.33 Å². The maximum absolute atomic E-state index is 4.42. The Kier molecular flexibility index (Phi) is 3.58. The summed E-state index contributed by atoms with van der Waals surface area (Å²) in [5.41, 5.74) is 2.93. The van der Waals surface area contributed by atoms with Gasteiger partial charge in [0.25, 0.3) is 0 Å². The lowest BCUT2D eigenvalue weighted by molar-refractivity contribution is 0.691. The highest BCUT2D eigenvalue weighted by Gasteiger charge is 2.09. The van der Waals surface area contributed by atoms with Crippen LogP contribution in [0.2, 0.25) is 0 Å². The van der Waals surface area contributed by atoms with Crippen LogP contribution in [0.1, 0.15) is 18.9 Å². The molecule has 0 aliphatic rings. The lowest BCUT2D eigenvalue weighted by atomic mass is 10.2. The minimum Gasteiger partial charge on any atom is -0.364 e. The van der Waals surface area contributed by atoms with E-state index in [1.165, 1.54) is 5.56 Å². The van der Waals surface area contributed by atoms with Crippen LogP contribution in [0.15, 0.2) is 43.0 Å². The van der Waals surface area contributed by atoms with Crippen molar-refractivity contribution in [3.05, 3.63) is 48.5 Å². The molecule has 0 fully saturated rings. The van der Waals surface area contributed by atoms with Crippen molar-refractivity contribution in [3.8, 4) is 0 Å². The highest BCUT2D eigenvalue weighted by molar-refractivity contribution is 5.82. The third-order valence-corrected chi connectivity index (χ3v) is 3.17. The van der Waals surface area contributed by atoms with Gasteiger partial charge in [0.1, 0.15) is 11.8 Å². The fourth-order valence-electron chi connectivity index (χ4n) is 2.20. The van der Waals surface area contributed by atoms with Crippen LogP contribution in [0.4, 0.5) is 5.82 Å². The zero-order chi connectivity index (χ0) is 13.8. The monoisotopic (exact) mass is 267 g/mol. The molecule has 0 amide bonds. The first kappa shape index (κ1) is 12.6. The van der Waals surface area contributed by atoms with Crippen molar-refractivity contribution in [2.75, 3.05) is 5.32 Å². The molecule has 0 spiro atoms. The van der Waals surface area contributed by atoms with Gasteiger partial charge < -0.3 is 9.88 Å².